The number of amides is 1. The van der Waals surface area contributed by atoms with E-state index < -0.39 is 0 Å². The number of ether oxygens (including phenoxy) is 1. The molecule has 0 unspecified atom stereocenters. The van der Waals surface area contributed by atoms with Gasteiger partial charge in [-0.05, 0) is 64.0 Å². The smallest absolute Gasteiger partial charge is 0.307 e. The first kappa shape index (κ1) is 18.4. The number of carbonyl (C=O) groups is 2. The summed E-state index contributed by atoms with van der Waals surface area (Å²) in [6.07, 6.45) is 1.81. The zero-order valence-corrected chi connectivity index (χ0v) is 14.3. The zero-order valence-electron chi connectivity index (χ0n) is 14.3. The van der Waals surface area contributed by atoms with Gasteiger partial charge in [-0.1, -0.05) is 0 Å². The Morgan fingerprint density at radius 1 is 1.25 bits per heavy atom. The van der Waals surface area contributed by atoms with E-state index in [9.17, 15) is 14.0 Å². The van der Waals surface area contributed by atoms with Crippen LogP contribution in [0.5, 0.6) is 0 Å². The normalized spacial score (nSPS) is 16.2. The Labute approximate surface area is 142 Å². The van der Waals surface area contributed by atoms with Crippen LogP contribution in [0.2, 0.25) is 0 Å². The van der Waals surface area contributed by atoms with Gasteiger partial charge in [0.2, 0.25) is 5.91 Å². The van der Waals surface area contributed by atoms with Gasteiger partial charge in [0, 0.05) is 18.2 Å². The number of hydrogen-bond acceptors (Lipinski definition) is 4. The van der Waals surface area contributed by atoms with E-state index in [1.54, 1.807) is 12.1 Å². The summed E-state index contributed by atoms with van der Waals surface area (Å²) in [6.45, 7) is 5.91. The molecular formula is C18H25FN2O3. The third kappa shape index (κ3) is 5.92. The average Bonchev–Trinajstić information content (AvgIpc) is 2.55. The number of anilines is 1. The number of rotatable bonds is 6. The Bertz CT molecular complexity index is 552. The van der Waals surface area contributed by atoms with Gasteiger partial charge in [0.15, 0.2) is 0 Å². The maximum Gasteiger partial charge on any atom is 0.307 e. The first-order chi connectivity index (χ1) is 11.4. The molecule has 1 aromatic rings. The molecule has 24 heavy (non-hydrogen) atoms. The lowest BCUT2D eigenvalue weighted by Crippen LogP contribution is -2.39. The standard InChI is InChI=1S/C18H25FN2O3/c1-13(2)24-17(22)9-12-21-10-7-14(8-11-21)18(23)20-16-5-3-15(19)4-6-16/h3-6,13-14H,7-12H2,1-2H3,(H,20,23). The molecule has 1 aliphatic heterocycles. The molecule has 1 heterocycles. The number of halogens is 1. The first-order valence-corrected chi connectivity index (χ1v) is 8.42. The van der Waals surface area contributed by atoms with Crippen molar-refractivity contribution in [3.63, 3.8) is 0 Å². The summed E-state index contributed by atoms with van der Waals surface area (Å²) in [5.41, 5.74) is 0.611. The molecule has 0 atom stereocenters. The Hall–Kier alpha value is -1.95. The lowest BCUT2D eigenvalue weighted by atomic mass is 9.95. The van der Waals surface area contributed by atoms with Crippen LogP contribution in [0.1, 0.15) is 33.1 Å². The van der Waals surface area contributed by atoms with E-state index in [2.05, 4.69) is 10.2 Å². The van der Waals surface area contributed by atoms with Gasteiger partial charge in [0.05, 0.1) is 12.5 Å². The van der Waals surface area contributed by atoms with Crippen molar-refractivity contribution in [1.82, 2.24) is 4.90 Å². The highest BCUT2D eigenvalue weighted by Gasteiger charge is 2.25. The van der Waals surface area contributed by atoms with Crippen LogP contribution in [0.3, 0.4) is 0 Å². The van der Waals surface area contributed by atoms with Gasteiger partial charge < -0.3 is 15.0 Å². The summed E-state index contributed by atoms with van der Waals surface area (Å²) in [5, 5.41) is 2.83. The molecule has 1 aliphatic rings. The van der Waals surface area contributed by atoms with Gasteiger partial charge in [-0.25, -0.2) is 4.39 Å². The van der Waals surface area contributed by atoms with Crippen molar-refractivity contribution in [2.45, 2.75) is 39.2 Å². The number of nitrogens with zero attached hydrogens (tertiary/aromatic N) is 1. The molecule has 5 nitrogen and oxygen atoms in total. The Kier molecular flexibility index (Phi) is 6.73. The molecule has 6 heteroatoms. The average molecular weight is 336 g/mol. The van der Waals surface area contributed by atoms with Gasteiger partial charge in [-0.15, -0.1) is 0 Å². The minimum Gasteiger partial charge on any atom is -0.463 e. The fourth-order valence-corrected chi connectivity index (χ4v) is 2.77. The Morgan fingerprint density at radius 2 is 1.88 bits per heavy atom. The van der Waals surface area contributed by atoms with Gasteiger partial charge in [0.1, 0.15) is 5.82 Å². The van der Waals surface area contributed by atoms with Crippen LogP contribution in [0.25, 0.3) is 0 Å². The third-order valence-corrected chi connectivity index (χ3v) is 4.07. The molecule has 1 aromatic carbocycles. The summed E-state index contributed by atoms with van der Waals surface area (Å²) in [5.74, 6) is -0.576. The van der Waals surface area contributed by atoms with Gasteiger partial charge in [0.25, 0.3) is 0 Å². The summed E-state index contributed by atoms with van der Waals surface area (Å²) in [4.78, 5) is 26.0. The second kappa shape index (κ2) is 8.78. The zero-order chi connectivity index (χ0) is 17.5. The fraction of sp³-hybridized carbons (Fsp3) is 0.556. The summed E-state index contributed by atoms with van der Waals surface area (Å²) in [7, 11) is 0. The van der Waals surface area contributed by atoms with Crippen LogP contribution < -0.4 is 5.32 Å². The Balaban J connectivity index is 1.71. The maximum absolute atomic E-state index is 12.9. The van der Waals surface area contributed by atoms with Crippen molar-refractivity contribution in [3.05, 3.63) is 30.1 Å². The molecule has 2 rings (SSSR count). The number of hydrogen-bond donors (Lipinski definition) is 1. The molecule has 0 aliphatic carbocycles. The minimum atomic E-state index is -0.322. The van der Waals surface area contributed by atoms with E-state index in [1.807, 2.05) is 13.8 Å². The highest BCUT2D eigenvalue weighted by Crippen LogP contribution is 2.20. The van der Waals surface area contributed by atoms with Gasteiger partial charge in [-0.2, -0.15) is 0 Å². The van der Waals surface area contributed by atoms with Crippen molar-refractivity contribution < 1.29 is 18.7 Å². The second-order valence-corrected chi connectivity index (χ2v) is 6.40. The molecule has 132 valence electrons. The SMILES string of the molecule is CC(C)OC(=O)CCN1CCC(C(=O)Nc2ccc(F)cc2)CC1. The molecule has 1 N–H and O–H groups in total. The van der Waals surface area contributed by atoms with Crippen LogP contribution in [0.15, 0.2) is 24.3 Å². The molecule has 0 bridgehead atoms. The van der Waals surface area contributed by atoms with E-state index in [-0.39, 0.29) is 29.7 Å². The second-order valence-electron chi connectivity index (χ2n) is 6.40. The van der Waals surface area contributed by atoms with Crippen LogP contribution in [0.4, 0.5) is 10.1 Å². The van der Waals surface area contributed by atoms with Crippen molar-refractivity contribution in [2.75, 3.05) is 25.0 Å². The van der Waals surface area contributed by atoms with Gasteiger partial charge in [-0.3, -0.25) is 9.59 Å². The van der Waals surface area contributed by atoms with Crippen LogP contribution >= 0.6 is 0 Å². The molecule has 0 aromatic heterocycles. The van der Waals surface area contributed by atoms with Crippen molar-refractivity contribution in [1.29, 1.82) is 0 Å². The number of piperidine rings is 1. The monoisotopic (exact) mass is 336 g/mol. The van der Waals surface area contributed by atoms with Crippen molar-refractivity contribution in [3.8, 4) is 0 Å². The molecule has 0 saturated carbocycles. The lowest BCUT2D eigenvalue weighted by Gasteiger charge is -2.31. The van der Waals surface area contributed by atoms with E-state index in [4.69, 9.17) is 4.74 Å². The van der Waals surface area contributed by atoms with E-state index in [1.165, 1.54) is 12.1 Å². The summed E-state index contributed by atoms with van der Waals surface area (Å²) >= 11 is 0. The van der Waals surface area contributed by atoms with Gasteiger partial charge >= 0.3 is 5.97 Å². The number of carbonyl (C=O) groups excluding carboxylic acids is 2. The highest BCUT2D eigenvalue weighted by molar-refractivity contribution is 5.92. The Morgan fingerprint density at radius 3 is 2.46 bits per heavy atom. The summed E-state index contributed by atoms with van der Waals surface area (Å²) in [6, 6.07) is 5.77. The lowest BCUT2D eigenvalue weighted by molar-refractivity contribution is -0.147. The predicted molar refractivity (Wildman–Crippen MR) is 90.0 cm³/mol. The molecule has 0 radical (unpaired) electrons. The van der Waals surface area contributed by atoms with Crippen LogP contribution in [0, 0.1) is 11.7 Å². The van der Waals surface area contributed by atoms with E-state index >= 15 is 0 Å². The molecular weight excluding hydrogens is 311 g/mol. The van der Waals surface area contributed by atoms with Crippen LogP contribution in [-0.2, 0) is 14.3 Å². The van der Waals surface area contributed by atoms with Crippen molar-refractivity contribution in [2.24, 2.45) is 5.92 Å². The van der Waals surface area contributed by atoms with E-state index in [0.717, 1.165) is 25.9 Å². The molecule has 1 amide bonds. The molecule has 1 fully saturated rings. The maximum atomic E-state index is 12.9. The van der Waals surface area contributed by atoms with E-state index in [0.29, 0.717) is 18.7 Å². The number of nitrogens with one attached hydrogen (secondary N) is 1. The highest BCUT2D eigenvalue weighted by atomic mass is 19.1. The predicted octanol–water partition coefficient (Wildman–Crippen LogP) is 2.82. The third-order valence-electron chi connectivity index (χ3n) is 4.07. The first-order valence-electron chi connectivity index (χ1n) is 8.42. The molecule has 1 saturated heterocycles. The quantitative estimate of drug-likeness (QED) is 0.812. The number of likely N-dealkylation sites (tertiary alicyclic amines) is 1. The summed E-state index contributed by atoms with van der Waals surface area (Å²) < 4.78 is 18.0. The van der Waals surface area contributed by atoms with Crippen molar-refractivity contribution >= 4 is 17.6 Å². The van der Waals surface area contributed by atoms with Crippen LogP contribution in [-0.4, -0.2) is 42.5 Å². The number of benzene rings is 1. The molecule has 0 spiro atoms. The fourth-order valence-electron chi connectivity index (χ4n) is 2.77. The minimum absolute atomic E-state index is 0.0273. The largest absolute Gasteiger partial charge is 0.463 e. The number of esters is 1. The topological polar surface area (TPSA) is 58.6 Å².